The van der Waals surface area contributed by atoms with Gasteiger partial charge < -0.3 is 10.0 Å². The van der Waals surface area contributed by atoms with Gasteiger partial charge in [-0.2, -0.15) is 0 Å². The molecule has 0 aromatic heterocycles. The molecule has 0 saturated carbocycles. The van der Waals surface area contributed by atoms with E-state index in [0.29, 0.717) is 0 Å². The molecule has 0 aliphatic heterocycles. The fraction of sp³-hybridized carbons (Fsp3) is 0. The van der Waals surface area contributed by atoms with Gasteiger partial charge in [0.1, 0.15) is 0 Å². The lowest BCUT2D eigenvalue weighted by Gasteiger charge is -2.00. The second-order valence-electron chi connectivity index (χ2n) is 2.02. The molecule has 0 saturated heterocycles. The van der Waals surface area contributed by atoms with Crippen molar-refractivity contribution in [3.05, 3.63) is 29.8 Å². The fourth-order valence-corrected chi connectivity index (χ4v) is 0.720. The van der Waals surface area contributed by atoms with Crippen LogP contribution in [0.3, 0.4) is 0 Å². The summed E-state index contributed by atoms with van der Waals surface area (Å²) in [6.45, 7) is 0. The van der Waals surface area contributed by atoms with Crippen LogP contribution >= 0.6 is 12.4 Å². The molecule has 2 nitrogen and oxygen atoms in total. The van der Waals surface area contributed by atoms with E-state index < -0.39 is 24.2 Å². The zero-order valence-corrected chi connectivity index (χ0v) is 6.68. The second kappa shape index (κ2) is 4.40. The molecule has 0 atom stereocenters. The van der Waals surface area contributed by atoms with Gasteiger partial charge in [-0.3, -0.25) is 0 Å². The van der Waals surface area contributed by atoms with E-state index in [0.717, 1.165) is 12.1 Å². The predicted octanol–water partition coefficient (Wildman–Crippen LogP) is 0.0664. The van der Waals surface area contributed by atoms with Gasteiger partial charge in [0.15, 0.2) is 11.6 Å². The van der Waals surface area contributed by atoms with Crippen LogP contribution in [0.2, 0.25) is 0 Å². The minimum atomic E-state index is -1.97. The molecule has 0 heterocycles. The summed E-state index contributed by atoms with van der Waals surface area (Å²) in [7, 11) is -1.97. The summed E-state index contributed by atoms with van der Waals surface area (Å²) in [5, 5.41) is 17.0. The van der Waals surface area contributed by atoms with Crippen molar-refractivity contribution in [2.75, 3.05) is 0 Å². The zero-order chi connectivity index (χ0) is 8.43. The Morgan fingerprint density at radius 3 is 2.17 bits per heavy atom. The van der Waals surface area contributed by atoms with Crippen LogP contribution in [0.15, 0.2) is 18.2 Å². The summed E-state index contributed by atoms with van der Waals surface area (Å²) in [4.78, 5) is 0. The molecule has 0 radical (unpaired) electrons. The van der Waals surface area contributed by atoms with Gasteiger partial charge >= 0.3 is 7.12 Å². The van der Waals surface area contributed by atoms with Gasteiger partial charge in [0.2, 0.25) is 0 Å². The quantitative estimate of drug-likeness (QED) is 0.621. The summed E-state index contributed by atoms with van der Waals surface area (Å²) in [6, 6.07) is 3.21. The van der Waals surface area contributed by atoms with Crippen LogP contribution in [0.25, 0.3) is 0 Å². The van der Waals surface area contributed by atoms with Crippen molar-refractivity contribution >= 4 is 25.0 Å². The number of halogens is 3. The van der Waals surface area contributed by atoms with Gasteiger partial charge in [0.25, 0.3) is 0 Å². The van der Waals surface area contributed by atoms with Crippen molar-refractivity contribution in [2.45, 2.75) is 0 Å². The van der Waals surface area contributed by atoms with E-state index >= 15 is 0 Å². The topological polar surface area (TPSA) is 40.5 Å². The fourth-order valence-electron chi connectivity index (χ4n) is 0.720. The molecule has 0 bridgehead atoms. The Hall–Kier alpha value is -0.645. The van der Waals surface area contributed by atoms with Crippen molar-refractivity contribution in [1.29, 1.82) is 0 Å². The predicted molar refractivity (Wildman–Crippen MR) is 43.4 cm³/mol. The third kappa shape index (κ3) is 2.17. The first kappa shape index (κ1) is 11.4. The lowest BCUT2D eigenvalue weighted by atomic mass is 9.80. The summed E-state index contributed by atoms with van der Waals surface area (Å²) in [6.07, 6.45) is 0. The van der Waals surface area contributed by atoms with Crippen LogP contribution in [-0.4, -0.2) is 17.2 Å². The SMILES string of the molecule is Cl.OB(O)c1cccc(F)c1F. The molecule has 66 valence electrons. The Bertz CT molecular complexity index is 270. The lowest BCUT2D eigenvalue weighted by molar-refractivity contribution is 0.420. The average Bonchev–Trinajstić information content (AvgIpc) is 1.94. The van der Waals surface area contributed by atoms with Gasteiger partial charge in [-0.1, -0.05) is 12.1 Å². The number of rotatable bonds is 1. The molecular formula is C6H6BClF2O2. The molecule has 1 aromatic rings. The van der Waals surface area contributed by atoms with Gasteiger partial charge in [-0.15, -0.1) is 12.4 Å². The van der Waals surface area contributed by atoms with Crippen molar-refractivity contribution < 1.29 is 18.8 Å². The number of hydrogen-bond acceptors (Lipinski definition) is 2. The molecule has 0 aliphatic rings. The van der Waals surface area contributed by atoms with Crippen LogP contribution in [0.5, 0.6) is 0 Å². The molecule has 0 fully saturated rings. The monoisotopic (exact) mass is 194 g/mol. The summed E-state index contributed by atoms with van der Waals surface area (Å²) >= 11 is 0. The third-order valence-corrected chi connectivity index (χ3v) is 1.26. The van der Waals surface area contributed by atoms with E-state index in [1.807, 2.05) is 0 Å². The first-order valence-corrected chi connectivity index (χ1v) is 2.93. The Labute approximate surface area is 74.4 Å². The van der Waals surface area contributed by atoms with Crippen LogP contribution in [-0.2, 0) is 0 Å². The molecule has 0 unspecified atom stereocenters. The molecule has 12 heavy (non-hydrogen) atoms. The molecular weight excluding hydrogens is 188 g/mol. The van der Waals surface area contributed by atoms with Crippen LogP contribution in [0, 0.1) is 11.6 Å². The maximum atomic E-state index is 12.6. The minimum Gasteiger partial charge on any atom is -0.423 e. The molecule has 0 aliphatic carbocycles. The normalized spacial score (nSPS) is 9.00. The van der Waals surface area contributed by atoms with E-state index in [1.165, 1.54) is 6.07 Å². The highest BCUT2D eigenvalue weighted by molar-refractivity contribution is 6.58. The zero-order valence-electron chi connectivity index (χ0n) is 5.87. The van der Waals surface area contributed by atoms with Crippen molar-refractivity contribution in [3.63, 3.8) is 0 Å². The van der Waals surface area contributed by atoms with Gasteiger partial charge in [0, 0.05) is 5.46 Å². The van der Waals surface area contributed by atoms with Crippen LogP contribution in [0.1, 0.15) is 0 Å². The molecule has 2 N–H and O–H groups in total. The highest BCUT2D eigenvalue weighted by atomic mass is 35.5. The molecule has 6 heteroatoms. The maximum absolute atomic E-state index is 12.6. The molecule has 1 rings (SSSR count). The summed E-state index contributed by atoms with van der Waals surface area (Å²) < 4.78 is 24.9. The largest absolute Gasteiger partial charge is 0.491 e. The Kier molecular flexibility index (Phi) is 4.16. The van der Waals surface area contributed by atoms with Crippen molar-refractivity contribution in [2.24, 2.45) is 0 Å². The maximum Gasteiger partial charge on any atom is 0.491 e. The van der Waals surface area contributed by atoms with Gasteiger partial charge in [-0.05, 0) is 6.07 Å². The highest BCUT2D eigenvalue weighted by Crippen LogP contribution is 2.01. The van der Waals surface area contributed by atoms with Crippen LogP contribution < -0.4 is 5.46 Å². The molecule has 0 amide bonds. The molecule has 0 spiro atoms. The van der Waals surface area contributed by atoms with E-state index in [9.17, 15) is 8.78 Å². The van der Waals surface area contributed by atoms with Gasteiger partial charge in [0.05, 0.1) is 0 Å². The minimum absolute atomic E-state index is 0. The number of hydrogen-bond donors (Lipinski definition) is 2. The van der Waals surface area contributed by atoms with Crippen molar-refractivity contribution in [1.82, 2.24) is 0 Å². The number of benzene rings is 1. The second-order valence-corrected chi connectivity index (χ2v) is 2.02. The van der Waals surface area contributed by atoms with Gasteiger partial charge in [-0.25, -0.2) is 8.78 Å². The molecule has 1 aromatic carbocycles. The van der Waals surface area contributed by atoms with Crippen molar-refractivity contribution in [3.8, 4) is 0 Å². The first-order valence-electron chi connectivity index (χ1n) is 2.93. The Balaban J connectivity index is 0.00000121. The lowest BCUT2D eigenvalue weighted by Crippen LogP contribution is -2.33. The average molecular weight is 194 g/mol. The van der Waals surface area contributed by atoms with E-state index in [4.69, 9.17) is 10.0 Å². The highest BCUT2D eigenvalue weighted by Gasteiger charge is 2.18. The Morgan fingerprint density at radius 2 is 1.75 bits per heavy atom. The van der Waals surface area contributed by atoms with E-state index in [2.05, 4.69) is 0 Å². The van der Waals surface area contributed by atoms with E-state index in [1.54, 1.807) is 0 Å². The third-order valence-electron chi connectivity index (χ3n) is 1.26. The summed E-state index contributed by atoms with van der Waals surface area (Å²) in [5.74, 6) is -2.31. The Morgan fingerprint density at radius 1 is 1.17 bits per heavy atom. The first-order chi connectivity index (χ1) is 5.13. The van der Waals surface area contributed by atoms with E-state index in [-0.39, 0.29) is 12.4 Å². The standard InChI is InChI=1S/C6H5BF2O2.ClH/c8-5-3-1-2-4(6(5)9)7(10)11;/h1-3,10-11H;1H. The smallest absolute Gasteiger partial charge is 0.423 e. The summed E-state index contributed by atoms with van der Waals surface area (Å²) in [5.41, 5.74) is -0.454. The van der Waals surface area contributed by atoms with Crippen LogP contribution in [0.4, 0.5) is 8.78 Å².